The molecule has 0 amide bonds. The summed E-state index contributed by atoms with van der Waals surface area (Å²) in [5.41, 5.74) is 6.86. The van der Waals surface area contributed by atoms with Crippen molar-refractivity contribution in [2.75, 3.05) is 0 Å². The first-order valence-electron chi connectivity index (χ1n) is 5.33. The van der Waals surface area contributed by atoms with Crippen molar-refractivity contribution in [1.82, 2.24) is 4.98 Å². The van der Waals surface area contributed by atoms with Gasteiger partial charge in [-0.3, -0.25) is 0 Å². The normalized spacial score (nSPS) is 12.7. The van der Waals surface area contributed by atoms with Crippen LogP contribution in [-0.4, -0.2) is 11.6 Å². The highest BCUT2D eigenvalue weighted by Gasteiger charge is 2.14. The summed E-state index contributed by atoms with van der Waals surface area (Å²) in [7, 11) is 0. The van der Waals surface area contributed by atoms with Gasteiger partial charge in [0.15, 0.2) is 0 Å². The number of rotatable bonds is 4. The van der Waals surface area contributed by atoms with E-state index in [0.717, 1.165) is 5.01 Å². The van der Waals surface area contributed by atoms with Crippen LogP contribution in [0, 0.1) is 0 Å². The topological polar surface area (TPSA) is 48.1 Å². The Morgan fingerprint density at radius 1 is 1.33 bits per heavy atom. The van der Waals surface area contributed by atoms with Gasteiger partial charge in [0.05, 0.1) is 11.7 Å². The third-order valence-corrected chi connectivity index (χ3v) is 3.34. The molecule has 0 aliphatic rings. The zero-order valence-corrected chi connectivity index (χ0v) is 10.5. The molecule has 18 heavy (non-hydrogen) atoms. The first-order valence-corrected chi connectivity index (χ1v) is 6.21. The lowest BCUT2D eigenvalue weighted by molar-refractivity contribution is -0.0494. The SMILES string of the molecule is CC(N)c1nc(-c2ccccc2OC(F)F)cs1. The summed E-state index contributed by atoms with van der Waals surface area (Å²) in [5.74, 6) is 0.119. The van der Waals surface area contributed by atoms with Gasteiger partial charge in [0.25, 0.3) is 0 Å². The lowest BCUT2D eigenvalue weighted by Crippen LogP contribution is -2.04. The van der Waals surface area contributed by atoms with Crippen LogP contribution >= 0.6 is 11.3 Å². The molecule has 0 saturated carbocycles. The molecule has 0 radical (unpaired) electrons. The molecule has 6 heteroatoms. The molecule has 0 aliphatic heterocycles. The molecule has 2 N–H and O–H groups in total. The minimum atomic E-state index is -2.85. The smallest absolute Gasteiger partial charge is 0.387 e. The molecule has 1 heterocycles. The van der Waals surface area contributed by atoms with Gasteiger partial charge in [0.1, 0.15) is 10.8 Å². The highest BCUT2D eigenvalue weighted by Crippen LogP contribution is 2.32. The van der Waals surface area contributed by atoms with Crippen LogP contribution in [0.15, 0.2) is 29.6 Å². The van der Waals surface area contributed by atoms with Gasteiger partial charge in [-0.1, -0.05) is 12.1 Å². The Bertz CT molecular complexity index is 528. The van der Waals surface area contributed by atoms with Crippen LogP contribution in [0.1, 0.15) is 18.0 Å². The molecule has 0 fully saturated rings. The number of para-hydroxylation sites is 1. The minimum Gasteiger partial charge on any atom is -0.434 e. The number of benzene rings is 1. The van der Waals surface area contributed by atoms with Gasteiger partial charge in [-0.25, -0.2) is 4.98 Å². The molecule has 3 nitrogen and oxygen atoms in total. The minimum absolute atomic E-state index is 0.119. The molecule has 2 rings (SSSR count). The van der Waals surface area contributed by atoms with E-state index in [9.17, 15) is 8.78 Å². The molecule has 0 bridgehead atoms. The zero-order chi connectivity index (χ0) is 13.1. The quantitative estimate of drug-likeness (QED) is 0.925. The summed E-state index contributed by atoms with van der Waals surface area (Å²) >= 11 is 1.40. The Kier molecular flexibility index (Phi) is 3.88. The van der Waals surface area contributed by atoms with E-state index in [-0.39, 0.29) is 11.8 Å². The maximum atomic E-state index is 12.3. The molecule has 1 atom stereocenters. The number of ether oxygens (including phenoxy) is 1. The Morgan fingerprint density at radius 3 is 2.67 bits per heavy atom. The third kappa shape index (κ3) is 2.83. The largest absolute Gasteiger partial charge is 0.434 e. The van der Waals surface area contributed by atoms with Crippen LogP contribution in [0.5, 0.6) is 5.75 Å². The number of nitrogens with zero attached hydrogens (tertiary/aromatic N) is 1. The lowest BCUT2D eigenvalue weighted by Gasteiger charge is -2.08. The van der Waals surface area contributed by atoms with Crippen LogP contribution < -0.4 is 10.5 Å². The molecule has 0 spiro atoms. The van der Waals surface area contributed by atoms with E-state index < -0.39 is 6.61 Å². The second-order valence-electron chi connectivity index (χ2n) is 3.73. The van der Waals surface area contributed by atoms with Crippen molar-refractivity contribution in [3.05, 3.63) is 34.7 Å². The van der Waals surface area contributed by atoms with Crippen LogP contribution in [0.3, 0.4) is 0 Å². The maximum absolute atomic E-state index is 12.3. The Balaban J connectivity index is 2.36. The van der Waals surface area contributed by atoms with E-state index in [4.69, 9.17) is 5.73 Å². The van der Waals surface area contributed by atoms with Crippen molar-refractivity contribution < 1.29 is 13.5 Å². The number of alkyl halides is 2. The van der Waals surface area contributed by atoms with Crippen molar-refractivity contribution in [2.24, 2.45) is 5.73 Å². The number of halogens is 2. The van der Waals surface area contributed by atoms with E-state index in [1.807, 2.05) is 6.92 Å². The monoisotopic (exact) mass is 270 g/mol. The first kappa shape index (κ1) is 12.9. The van der Waals surface area contributed by atoms with Gasteiger partial charge in [0, 0.05) is 10.9 Å². The fourth-order valence-corrected chi connectivity index (χ4v) is 2.28. The molecule has 1 aromatic carbocycles. The molecule has 96 valence electrons. The van der Waals surface area contributed by atoms with E-state index in [1.54, 1.807) is 23.6 Å². The van der Waals surface area contributed by atoms with E-state index in [2.05, 4.69) is 9.72 Å². The molecule has 1 unspecified atom stereocenters. The van der Waals surface area contributed by atoms with Gasteiger partial charge in [0.2, 0.25) is 0 Å². The van der Waals surface area contributed by atoms with Gasteiger partial charge in [-0.05, 0) is 19.1 Å². The molecular formula is C12H12F2N2OS. The first-order chi connectivity index (χ1) is 8.58. The fraction of sp³-hybridized carbons (Fsp3) is 0.250. The summed E-state index contributed by atoms with van der Waals surface area (Å²) in [6, 6.07) is 6.40. The second-order valence-corrected chi connectivity index (χ2v) is 4.62. The van der Waals surface area contributed by atoms with Crippen molar-refractivity contribution in [3.63, 3.8) is 0 Å². The standard InChI is InChI=1S/C12H12F2N2OS/c1-7(15)11-16-9(6-18-11)8-4-2-3-5-10(8)17-12(13)14/h2-7,12H,15H2,1H3. The Labute approximate surface area is 107 Å². The van der Waals surface area contributed by atoms with Gasteiger partial charge >= 0.3 is 6.61 Å². The average Bonchev–Trinajstić information content (AvgIpc) is 2.78. The van der Waals surface area contributed by atoms with E-state index in [1.165, 1.54) is 17.4 Å². The fourth-order valence-electron chi connectivity index (χ4n) is 1.50. The summed E-state index contributed by atoms with van der Waals surface area (Å²) in [4.78, 5) is 4.32. The van der Waals surface area contributed by atoms with Gasteiger partial charge in [-0.2, -0.15) is 8.78 Å². The van der Waals surface area contributed by atoms with Crippen molar-refractivity contribution in [1.29, 1.82) is 0 Å². The predicted octanol–water partition coefficient (Wildman–Crippen LogP) is 3.43. The lowest BCUT2D eigenvalue weighted by atomic mass is 10.1. The average molecular weight is 270 g/mol. The van der Waals surface area contributed by atoms with Crippen molar-refractivity contribution in [2.45, 2.75) is 19.6 Å². The molecule has 0 saturated heterocycles. The Morgan fingerprint density at radius 2 is 2.06 bits per heavy atom. The van der Waals surface area contributed by atoms with Crippen LogP contribution in [0.25, 0.3) is 11.3 Å². The summed E-state index contributed by atoms with van der Waals surface area (Å²) in [5, 5.41) is 2.55. The number of aromatic nitrogens is 1. The maximum Gasteiger partial charge on any atom is 0.387 e. The summed E-state index contributed by atoms with van der Waals surface area (Å²) in [6.45, 7) is -1.03. The van der Waals surface area contributed by atoms with E-state index >= 15 is 0 Å². The molecule has 0 aliphatic carbocycles. The van der Waals surface area contributed by atoms with Gasteiger partial charge in [-0.15, -0.1) is 11.3 Å². The van der Waals surface area contributed by atoms with Crippen molar-refractivity contribution >= 4 is 11.3 Å². The molecule has 1 aromatic heterocycles. The molecule has 2 aromatic rings. The molecular weight excluding hydrogens is 258 g/mol. The van der Waals surface area contributed by atoms with Crippen LogP contribution in [0.4, 0.5) is 8.78 Å². The Hall–Kier alpha value is -1.53. The summed E-state index contributed by atoms with van der Waals surface area (Å²) < 4.78 is 29.0. The predicted molar refractivity (Wildman–Crippen MR) is 66.8 cm³/mol. The highest BCUT2D eigenvalue weighted by molar-refractivity contribution is 7.10. The summed E-state index contributed by atoms with van der Waals surface area (Å²) in [6.07, 6.45) is 0. The van der Waals surface area contributed by atoms with Gasteiger partial charge < -0.3 is 10.5 Å². The number of thiazole rings is 1. The third-order valence-electron chi connectivity index (χ3n) is 2.29. The zero-order valence-electron chi connectivity index (χ0n) is 9.64. The van der Waals surface area contributed by atoms with E-state index in [0.29, 0.717) is 11.3 Å². The second kappa shape index (κ2) is 5.41. The van der Waals surface area contributed by atoms with Crippen LogP contribution in [0.2, 0.25) is 0 Å². The van der Waals surface area contributed by atoms with Crippen molar-refractivity contribution in [3.8, 4) is 17.0 Å². The highest BCUT2D eigenvalue weighted by atomic mass is 32.1. The number of hydrogen-bond acceptors (Lipinski definition) is 4. The van der Waals surface area contributed by atoms with Crippen LogP contribution in [-0.2, 0) is 0 Å². The number of nitrogens with two attached hydrogens (primary N) is 1. The number of hydrogen-bond donors (Lipinski definition) is 1.